The lowest BCUT2D eigenvalue weighted by molar-refractivity contribution is 0.0601. The first-order chi connectivity index (χ1) is 12.2. The van der Waals surface area contributed by atoms with Gasteiger partial charge in [-0.25, -0.2) is 4.79 Å². The van der Waals surface area contributed by atoms with Crippen molar-refractivity contribution >= 4 is 45.5 Å². The summed E-state index contributed by atoms with van der Waals surface area (Å²) in [5.41, 5.74) is 0.825. The summed E-state index contributed by atoms with van der Waals surface area (Å²) in [4.78, 5) is 26.7. The van der Waals surface area contributed by atoms with Gasteiger partial charge in [-0.3, -0.25) is 4.79 Å². The fraction of sp³-hybridized carbons (Fsp3) is 0.632. The Balaban J connectivity index is 3.15. The lowest BCUT2D eigenvalue weighted by Gasteiger charge is -2.34. The average Bonchev–Trinajstić information content (AvgIpc) is 2.78. The fourth-order valence-corrected chi connectivity index (χ4v) is 4.83. The summed E-state index contributed by atoms with van der Waals surface area (Å²) in [5, 5.41) is 7.31. The molecule has 152 valence electrons. The van der Waals surface area contributed by atoms with Crippen LogP contribution in [0.3, 0.4) is 0 Å². The Hall–Kier alpha value is -1.67. The molecule has 1 heterocycles. The maximum absolute atomic E-state index is 12.4. The number of rotatable bonds is 5. The first-order valence-corrected chi connectivity index (χ1v) is 9.93. The SMILES string of the molecule is COC(=O)c1c(NC(=S)NC(C)(C)CC(C)(C)C)sc(C(=O)N(C)C)c1C. The van der Waals surface area contributed by atoms with Gasteiger partial charge in [0.05, 0.1) is 17.6 Å². The number of thiocarbonyl (C=S) groups is 1. The Morgan fingerprint density at radius 3 is 2.19 bits per heavy atom. The molecule has 0 aliphatic heterocycles. The van der Waals surface area contributed by atoms with Gasteiger partial charge in [0.2, 0.25) is 0 Å². The number of carbonyl (C=O) groups excluding carboxylic acids is 2. The lowest BCUT2D eigenvalue weighted by atomic mass is 9.82. The Morgan fingerprint density at radius 1 is 1.19 bits per heavy atom. The number of esters is 1. The fourth-order valence-electron chi connectivity index (χ4n) is 3.17. The van der Waals surface area contributed by atoms with Crippen LogP contribution in [-0.4, -0.2) is 48.6 Å². The summed E-state index contributed by atoms with van der Waals surface area (Å²) in [7, 11) is 4.67. The molecule has 0 spiro atoms. The van der Waals surface area contributed by atoms with E-state index in [9.17, 15) is 9.59 Å². The number of amides is 1. The van der Waals surface area contributed by atoms with Crippen molar-refractivity contribution in [3.63, 3.8) is 0 Å². The molecule has 8 heteroatoms. The van der Waals surface area contributed by atoms with E-state index < -0.39 is 5.97 Å². The second kappa shape index (κ2) is 8.56. The molecule has 27 heavy (non-hydrogen) atoms. The number of hydrogen-bond donors (Lipinski definition) is 2. The van der Waals surface area contributed by atoms with Crippen molar-refractivity contribution in [3.05, 3.63) is 16.0 Å². The summed E-state index contributed by atoms with van der Waals surface area (Å²) in [5.74, 6) is -0.663. The van der Waals surface area contributed by atoms with Crippen LogP contribution in [0.1, 0.15) is 66.6 Å². The highest BCUT2D eigenvalue weighted by molar-refractivity contribution is 7.80. The predicted molar refractivity (Wildman–Crippen MR) is 116 cm³/mol. The number of nitrogens with zero attached hydrogens (tertiary/aromatic N) is 1. The van der Waals surface area contributed by atoms with E-state index in [1.165, 1.54) is 23.3 Å². The van der Waals surface area contributed by atoms with E-state index in [1.807, 2.05) is 0 Å². The van der Waals surface area contributed by atoms with E-state index in [0.717, 1.165) is 6.42 Å². The van der Waals surface area contributed by atoms with Crippen molar-refractivity contribution < 1.29 is 14.3 Å². The molecule has 0 fully saturated rings. The molecule has 0 atom stereocenters. The van der Waals surface area contributed by atoms with E-state index in [-0.39, 0.29) is 16.9 Å². The third kappa shape index (κ3) is 6.46. The zero-order valence-electron chi connectivity index (χ0n) is 17.7. The van der Waals surface area contributed by atoms with Crippen molar-refractivity contribution in [1.29, 1.82) is 0 Å². The minimum absolute atomic E-state index is 0.133. The van der Waals surface area contributed by atoms with E-state index in [4.69, 9.17) is 17.0 Å². The first kappa shape index (κ1) is 23.4. The van der Waals surface area contributed by atoms with Gasteiger partial charge < -0.3 is 20.3 Å². The Morgan fingerprint density at radius 2 is 1.74 bits per heavy atom. The molecule has 6 nitrogen and oxygen atoms in total. The molecule has 1 aromatic heterocycles. The summed E-state index contributed by atoms with van der Waals surface area (Å²) in [6, 6.07) is 0. The molecular formula is C19H31N3O3S2. The normalized spacial score (nSPS) is 11.7. The summed E-state index contributed by atoms with van der Waals surface area (Å²) >= 11 is 6.67. The predicted octanol–water partition coefficient (Wildman–Crippen LogP) is 4.05. The first-order valence-electron chi connectivity index (χ1n) is 8.71. The molecule has 0 radical (unpaired) electrons. The standard InChI is InChI=1S/C19H31N3O3S2/c1-11-12(16(24)25-9)14(27-13(11)15(23)22(7)8)20-17(26)21-19(5,6)10-18(2,3)4/h10H2,1-9H3,(H2,20,21,26). The summed E-state index contributed by atoms with van der Waals surface area (Å²) < 4.78 is 4.90. The monoisotopic (exact) mass is 413 g/mol. The molecule has 1 aromatic rings. The molecule has 0 saturated carbocycles. The van der Waals surface area contributed by atoms with Crippen LogP contribution in [-0.2, 0) is 4.74 Å². The van der Waals surface area contributed by atoms with Crippen LogP contribution in [0.2, 0.25) is 0 Å². The molecule has 0 aromatic carbocycles. The van der Waals surface area contributed by atoms with Crippen LogP contribution in [0.25, 0.3) is 0 Å². The maximum Gasteiger partial charge on any atom is 0.341 e. The van der Waals surface area contributed by atoms with Crippen molar-refractivity contribution in [2.75, 3.05) is 26.5 Å². The van der Waals surface area contributed by atoms with Crippen molar-refractivity contribution in [1.82, 2.24) is 10.2 Å². The largest absolute Gasteiger partial charge is 0.465 e. The van der Waals surface area contributed by atoms with E-state index in [0.29, 0.717) is 26.1 Å². The third-order valence-corrected chi connectivity index (χ3v) is 5.19. The van der Waals surface area contributed by atoms with Crippen LogP contribution in [0, 0.1) is 12.3 Å². The minimum atomic E-state index is -0.499. The van der Waals surface area contributed by atoms with E-state index >= 15 is 0 Å². The smallest absolute Gasteiger partial charge is 0.341 e. The van der Waals surface area contributed by atoms with Gasteiger partial charge >= 0.3 is 5.97 Å². The highest BCUT2D eigenvalue weighted by atomic mass is 32.1. The number of carbonyl (C=O) groups is 2. The molecule has 2 N–H and O–H groups in total. The van der Waals surface area contributed by atoms with E-state index in [2.05, 4.69) is 45.3 Å². The number of hydrogen-bond acceptors (Lipinski definition) is 5. The maximum atomic E-state index is 12.4. The van der Waals surface area contributed by atoms with Gasteiger partial charge in [0, 0.05) is 19.6 Å². The zero-order chi connectivity index (χ0) is 21.2. The lowest BCUT2D eigenvalue weighted by Crippen LogP contribution is -2.47. The molecule has 1 amide bonds. The highest BCUT2D eigenvalue weighted by Gasteiger charge is 2.29. The number of anilines is 1. The van der Waals surface area contributed by atoms with Crippen molar-refractivity contribution in [2.45, 2.75) is 53.5 Å². The number of thiophene rings is 1. The van der Waals surface area contributed by atoms with Crippen LogP contribution in [0.5, 0.6) is 0 Å². The molecule has 0 bridgehead atoms. The number of nitrogens with one attached hydrogen (secondary N) is 2. The van der Waals surface area contributed by atoms with Crippen LogP contribution in [0.4, 0.5) is 5.00 Å². The zero-order valence-corrected chi connectivity index (χ0v) is 19.3. The van der Waals surface area contributed by atoms with Crippen LogP contribution < -0.4 is 10.6 Å². The molecule has 0 unspecified atom stereocenters. The highest BCUT2D eigenvalue weighted by Crippen LogP contribution is 2.34. The van der Waals surface area contributed by atoms with Crippen LogP contribution >= 0.6 is 23.6 Å². The molecule has 1 rings (SSSR count). The van der Waals surface area contributed by atoms with Gasteiger partial charge in [-0.15, -0.1) is 11.3 Å². The average molecular weight is 414 g/mol. The third-order valence-electron chi connectivity index (χ3n) is 3.79. The Labute approximate surface area is 171 Å². The molecule has 0 aliphatic carbocycles. The van der Waals surface area contributed by atoms with Gasteiger partial charge in [-0.2, -0.15) is 0 Å². The number of ether oxygens (including phenoxy) is 1. The van der Waals surface area contributed by atoms with Crippen molar-refractivity contribution in [3.8, 4) is 0 Å². The second-order valence-electron chi connectivity index (χ2n) is 8.65. The van der Waals surface area contributed by atoms with Gasteiger partial charge in [-0.05, 0) is 50.4 Å². The molecule has 0 aliphatic rings. The van der Waals surface area contributed by atoms with Gasteiger partial charge in [0.15, 0.2) is 5.11 Å². The van der Waals surface area contributed by atoms with Crippen LogP contribution in [0.15, 0.2) is 0 Å². The Bertz CT molecular complexity index is 731. The molecular weight excluding hydrogens is 382 g/mol. The summed E-state index contributed by atoms with van der Waals surface area (Å²) in [6.07, 6.45) is 0.902. The van der Waals surface area contributed by atoms with Gasteiger partial charge in [0.25, 0.3) is 5.91 Å². The van der Waals surface area contributed by atoms with Gasteiger partial charge in [-0.1, -0.05) is 20.8 Å². The second-order valence-corrected chi connectivity index (χ2v) is 10.1. The Kier molecular flexibility index (Phi) is 7.41. The van der Waals surface area contributed by atoms with Gasteiger partial charge in [0.1, 0.15) is 5.00 Å². The quantitative estimate of drug-likeness (QED) is 0.561. The minimum Gasteiger partial charge on any atom is -0.465 e. The number of methoxy groups -OCH3 is 1. The van der Waals surface area contributed by atoms with E-state index in [1.54, 1.807) is 21.0 Å². The molecule has 0 saturated heterocycles. The van der Waals surface area contributed by atoms with Crippen molar-refractivity contribution in [2.24, 2.45) is 5.41 Å². The topological polar surface area (TPSA) is 70.7 Å². The summed E-state index contributed by atoms with van der Waals surface area (Å²) in [6.45, 7) is 12.4.